The van der Waals surface area contributed by atoms with Crippen LogP contribution in [0.1, 0.15) is 64.1 Å². The van der Waals surface area contributed by atoms with Gasteiger partial charge >= 0.3 is 0 Å². The zero-order valence-corrected chi connectivity index (χ0v) is 14.1. The summed E-state index contributed by atoms with van der Waals surface area (Å²) in [5.74, 6) is 1.23. The first kappa shape index (κ1) is 16.4. The molecule has 3 atom stereocenters. The third kappa shape index (κ3) is 3.39. The van der Waals surface area contributed by atoms with Crippen molar-refractivity contribution in [3.63, 3.8) is 0 Å². The monoisotopic (exact) mass is 321 g/mol. The molecule has 1 N–H and O–H groups in total. The zero-order chi connectivity index (χ0) is 16.4. The van der Waals surface area contributed by atoms with E-state index in [-0.39, 0.29) is 36.4 Å². The van der Waals surface area contributed by atoms with Crippen molar-refractivity contribution in [1.82, 2.24) is 25.1 Å². The molecule has 7 nitrogen and oxygen atoms in total. The fourth-order valence-corrected chi connectivity index (χ4v) is 4.09. The van der Waals surface area contributed by atoms with Crippen molar-refractivity contribution in [3.8, 4) is 0 Å². The Hall–Kier alpha value is -1.50. The van der Waals surface area contributed by atoms with E-state index in [2.05, 4.69) is 15.5 Å². The van der Waals surface area contributed by atoms with Gasteiger partial charge in [0.15, 0.2) is 5.82 Å². The van der Waals surface area contributed by atoms with Gasteiger partial charge in [-0.3, -0.25) is 4.79 Å². The van der Waals surface area contributed by atoms with Gasteiger partial charge < -0.3 is 10.0 Å². The molecule has 0 radical (unpaired) electrons. The van der Waals surface area contributed by atoms with E-state index >= 15 is 0 Å². The van der Waals surface area contributed by atoms with Gasteiger partial charge in [-0.2, -0.15) is 0 Å². The third-order valence-electron chi connectivity index (χ3n) is 5.26. The minimum atomic E-state index is -0.263. The highest BCUT2D eigenvalue weighted by molar-refractivity contribution is 5.76. The molecule has 23 heavy (non-hydrogen) atoms. The first-order valence-corrected chi connectivity index (χ1v) is 8.81. The number of carbonyl (C=O) groups excluding carboxylic acids is 1. The number of rotatable bonds is 4. The standard InChI is InChI=1S/C16H27N5O2/c1-11(2)16-17-18-19-21(16)10-15(23)20-9-5-7-13(20)12-6-3-4-8-14(12)22/h11-14,22H,3-10H2,1-2H3. The molecule has 1 aromatic heterocycles. The van der Waals surface area contributed by atoms with E-state index in [1.165, 1.54) is 0 Å². The topological polar surface area (TPSA) is 84.1 Å². The number of aromatic nitrogens is 4. The van der Waals surface area contributed by atoms with Gasteiger partial charge in [0.2, 0.25) is 5.91 Å². The number of aliphatic hydroxyl groups excluding tert-OH is 1. The highest BCUT2D eigenvalue weighted by Gasteiger charge is 2.39. The maximum Gasteiger partial charge on any atom is 0.244 e. The number of amides is 1. The average molecular weight is 321 g/mol. The molecule has 3 rings (SSSR count). The van der Waals surface area contributed by atoms with E-state index in [0.717, 1.165) is 50.9 Å². The quantitative estimate of drug-likeness (QED) is 0.904. The maximum absolute atomic E-state index is 12.8. The Balaban J connectivity index is 1.69. The molecule has 2 fully saturated rings. The second-order valence-electron chi connectivity index (χ2n) is 7.16. The van der Waals surface area contributed by atoms with E-state index < -0.39 is 0 Å². The van der Waals surface area contributed by atoms with E-state index in [4.69, 9.17) is 0 Å². The molecule has 1 saturated heterocycles. The molecule has 1 amide bonds. The number of hydrogen-bond acceptors (Lipinski definition) is 5. The average Bonchev–Trinajstić information content (AvgIpc) is 3.16. The number of likely N-dealkylation sites (tertiary alicyclic amines) is 1. The smallest absolute Gasteiger partial charge is 0.244 e. The summed E-state index contributed by atoms with van der Waals surface area (Å²) in [6, 6.07) is 0.178. The lowest BCUT2D eigenvalue weighted by Crippen LogP contribution is -2.46. The van der Waals surface area contributed by atoms with Gasteiger partial charge in [0.05, 0.1) is 6.10 Å². The zero-order valence-electron chi connectivity index (χ0n) is 14.1. The van der Waals surface area contributed by atoms with E-state index in [1.807, 2.05) is 18.7 Å². The molecule has 1 aliphatic heterocycles. The molecule has 3 unspecified atom stereocenters. The summed E-state index contributed by atoms with van der Waals surface area (Å²) in [4.78, 5) is 14.7. The summed E-state index contributed by atoms with van der Waals surface area (Å²) in [7, 11) is 0. The van der Waals surface area contributed by atoms with Crippen LogP contribution in [0.15, 0.2) is 0 Å². The molecule has 0 aromatic carbocycles. The molecule has 1 aliphatic carbocycles. The SMILES string of the molecule is CC(C)c1nnnn1CC(=O)N1CCCC1C1CCCCC1O. The summed E-state index contributed by atoms with van der Waals surface area (Å²) in [5, 5.41) is 22.0. The largest absolute Gasteiger partial charge is 0.393 e. The maximum atomic E-state index is 12.8. The van der Waals surface area contributed by atoms with Crippen molar-refractivity contribution in [1.29, 1.82) is 0 Å². The van der Waals surface area contributed by atoms with Crippen LogP contribution in [0.25, 0.3) is 0 Å². The predicted molar refractivity (Wildman–Crippen MR) is 84.6 cm³/mol. The molecular formula is C16H27N5O2. The minimum absolute atomic E-state index is 0.0690. The Morgan fingerprint density at radius 2 is 2.04 bits per heavy atom. The Morgan fingerprint density at radius 1 is 1.26 bits per heavy atom. The summed E-state index contributed by atoms with van der Waals surface area (Å²) in [6.45, 7) is 5.01. The second kappa shape index (κ2) is 6.95. The molecule has 0 bridgehead atoms. The van der Waals surface area contributed by atoms with Crippen molar-refractivity contribution in [2.75, 3.05) is 6.54 Å². The van der Waals surface area contributed by atoms with Gasteiger partial charge in [-0.1, -0.05) is 26.7 Å². The van der Waals surface area contributed by atoms with Crippen LogP contribution in [0.4, 0.5) is 0 Å². The van der Waals surface area contributed by atoms with Gasteiger partial charge in [-0.25, -0.2) is 4.68 Å². The van der Waals surface area contributed by atoms with E-state index in [1.54, 1.807) is 4.68 Å². The van der Waals surface area contributed by atoms with Gasteiger partial charge in [0.25, 0.3) is 0 Å². The van der Waals surface area contributed by atoms with E-state index in [9.17, 15) is 9.90 Å². The summed E-state index contributed by atoms with van der Waals surface area (Å²) in [5.41, 5.74) is 0. The van der Waals surface area contributed by atoms with E-state index in [0.29, 0.717) is 0 Å². The Morgan fingerprint density at radius 3 is 2.78 bits per heavy atom. The number of aliphatic hydroxyl groups is 1. The molecule has 0 spiro atoms. The van der Waals surface area contributed by atoms with Crippen LogP contribution in [-0.2, 0) is 11.3 Å². The normalized spacial score (nSPS) is 28.5. The second-order valence-corrected chi connectivity index (χ2v) is 7.16. The summed E-state index contributed by atoms with van der Waals surface area (Å²) >= 11 is 0. The Labute approximate surface area is 137 Å². The Bertz CT molecular complexity index is 544. The van der Waals surface area contributed by atoms with Crippen LogP contribution in [0.3, 0.4) is 0 Å². The third-order valence-corrected chi connectivity index (χ3v) is 5.26. The van der Waals surface area contributed by atoms with Crippen LogP contribution in [-0.4, -0.2) is 54.8 Å². The number of hydrogen-bond donors (Lipinski definition) is 1. The van der Waals surface area contributed by atoms with Gasteiger partial charge in [0, 0.05) is 24.4 Å². The first-order chi connectivity index (χ1) is 11.1. The molecule has 128 valence electrons. The lowest BCUT2D eigenvalue weighted by molar-refractivity contribution is -0.135. The molecule has 1 saturated carbocycles. The van der Waals surface area contributed by atoms with Crippen molar-refractivity contribution in [3.05, 3.63) is 5.82 Å². The van der Waals surface area contributed by atoms with Gasteiger partial charge in [-0.05, 0) is 36.1 Å². The molecule has 2 aliphatic rings. The minimum Gasteiger partial charge on any atom is -0.393 e. The van der Waals surface area contributed by atoms with Crippen LogP contribution >= 0.6 is 0 Å². The highest BCUT2D eigenvalue weighted by atomic mass is 16.3. The Kier molecular flexibility index (Phi) is 4.94. The molecule has 7 heteroatoms. The molecule has 2 heterocycles. The van der Waals surface area contributed by atoms with Crippen molar-refractivity contribution in [2.24, 2.45) is 5.92 Å². The lowest BCUT2D eigenvalue weighted by atomic mass is 9.80. The van der Waals surface area contributed by atoms with Gasteiger partial charge in [0.1, 0.15) is 6.54 Å². The first-order valence-electron chi connectivity index (χ1n) is 8.81. The van der Waals surface area contributed by atoms with Crippen LogP contribution in [0.2, 0.25) is 0 Å². The van der Waals surface area contributed by atoms with Crippen LogP contribution in [0, 0.1) is 5.92 Å². The number of nitrogens with zero attached hydrogens (tertiary/aromatic N) is 5. The van der Waals surface area contributed by atoms with Crippen molar-refractivity contribution in [2.45, 2.75) is 77.0 Å². The molecular weight excluding hydrogens is 294 g/mol. The van der Waals surface area contributed by atoms with Gasteiger partial charge in [-0.15, -0.1) is 5.10 Å². The highest BCUT2D eigenvalue weighted by Crippen LogP contribution is 2.34. The lowest BCUT2D eigenvalue weighted by Gasteiger charge is -2.37. The summed E-state index contributed by atoms with van der Waals surface area (Å²) in [6.07, 6.45) is 5.91. The number of carbonyl (C=O) groups is 1. The molecule has 1 aromatic rings. The predicted octanol–water partition coefficient (Wildman–Crippen LogP) is 1.34. The van der Waals surface area contributed by atoms with Crippen molar-refractivity contribution < 1.29 is 9.90 Å². The van der Waals surface area contributed by atoms with Crippen LogP contribution < -0.4 is 0 Å². The fraction of sp³-hybridized carbons (Fsp3) is 0.875. The van der Waals surface area contributed by atoms with Crippen LogP contribution in [0.5, 0.6) is 0 Å². The fourth-order valence-electron chi connectivity index (χ4n) is 4.09. The number of tetrazole rings is 1. The van der Waals surface area contributed by atoms with Crippen molar-refractivity contribution >= 4 is 5.91 Å². The summed E-state index contributed by atoms with van der Waals surface area (Å²) < 4.78 is 1.61.